The molecule has 0 radical (unpaired) electrons. The van der Waals surface area contributed by atoms with Gasteiger partial charge in [-0.2, -0.15) is 0 Å². The summed E-state index contributed by atoms with van der Waals surface area (Å²) >= 11 is 0. The van der Waals surface area contributed by atoms with Gasteiger partial charge in [0.25, 0.3) is 0 Å². The smallest absolute Gasteiger partial charge is 0.0939 e. The quantitative estimate of drug-likeness (QED) is 0.668. The van der Waals surface area contributed by atoms with Gasteiger partial charge in [0.2, 0.25) is 0 Å². The highest BCUT2D eigenvalue weighted by atomic mass is 35.5. The zero-order valence-electron chi connectivity index (χ0n) is 6.03. The highest BCUT2D eigenvalue weighted by Gasteiger charge is 1.82. The number of hydrogen-bond acceptors (Lipinski definition) is 2. The average molecular weight is 171 g/mol. The van der Waals surface area contributed by atoms with Gasteiger partial charge in [0.05, 0.1) is 5.82 Å². The molecule has 0 unspecified atom stereocenters. The fourth-order valence-corrected chi connectivity index (χ4v) is 0.742. The molecular formula is C8H11ClN2. The molecule has 0 bridgehead atoms. The lowest BCUT2D eigenvalue weighted by Crippen LogP contribution is -2.06. The molecule has 1 rings (SSSR count). The molecule has 3 heteroatoms. The Hall–Kier alpha value is -1.15. The molecule has 11 heavy (non-hydrogen) atoms. The molecule has 2 nitrogen and oxygen atoms in total. The van der Waals surface area contributed by atoms with Crippen molar-refractivity contribution in [2.24, 2.45) is 11.5 Å². The van der Waals surface area contributed by atoms with Gasteiger partial charge in [-0.05, 0) is 11.6 Å². The van der Waals surface area contributed by atoms with Crippen molar-refractivity contribution >= 4 is 18.5 Å². The van der Waals surface area contributed by atoms with E-state index >= 15 is 0 Å². The van der Waals surface area contributed by atoms with Crippen molar-refractivity contribution in [1.29, 1.82) is 0 Å². The van der Waals surface area contributed by atoms with Gasteiger partial charge in [0.15, 0.2) is 0 Å². The van der Waals surface area contributed by atoms with E-state index in [2.05, 4.69) is 0 Å². The molecule has 1 aromatic carbocycles. The van der Waals surface area contributed by atoms with E-state index in [1.807, 2.05) is 30.3 Å². The fourth-order valence-electron chi connectivity index (χ4n) is 0.742. The number of halogens is 1. The summed E-state index contributed by atoms with van der Waals surface area (Å²) in [6.07, 6.45) is 1.72. The molecule has 0 spiro atoms. The van der Waals surface area contributed by atoms with Crippen molar-refractivity contribution < 1.29 is 0 Å². The molecule has 0 aliphatic rings. The van der Waals surface area contributed by atoms with Crippen LogP contribution in [0.5, 0.6) is 0 Å². The fraction of sp³-hybridized carbons (Fsp3) is 0. The molecule has 0 saturated heterocycles. The van der Waals surface area contributed by atoms with Crippen LogP contribution >= 0.6 is 12.4 Å². The summed E-state index contributed by atoms with van der Waals surface area (Å²) in [6.45, 7) is 0. The van der Waals surface area contributed by atoms with E-state index in [4.69, 9.17) is 11.5 Å². The normalized spacial score (nSPS) is 8.00. The van der Waals surface area contributed by atoms with Crippen molar-refractivity contribution in [2.45, 2.75) is 0 Å². The SMILES string of the molecule is Cl.NC(N)=Cc1ccccc1. The predicted molar refractivity (Wildman–Crippen MR) is 50.0 cm³/mol. The van der Waals surface area contributed by atoms with Gasteiger partial charge in [-0.3, -0.25) is 0 Å². The molecule has 0 saturated carbocycles. The average Bonchev–Trinajstić information content (AvgIpc) is 1.88. The third-order valence-electron chi connectivity index (χ3n) is 1.13. The van der Waals surface area contributed by atoms with E-state index in [1.165, 1.54) is 0 Å². The highest BCUT2D eigenvalue weighted by Crippen LogP contribution is 2.00. The maximum atomic E-state index is 5.26. The first kappa shape index (κ1) is 9.85. The van der Waals surface area contributed by atoms with Crippen LogP contribution in [0.3, 0.4) is 0 Å². The molecule has 0 aliphatic carbocycles. The maximum Gasteiger partial charge on any atom is 0.0939 e. The van der Waals surface area contributed by atoms with Gasteiger partial charge in [-0.25, -0.2) is 0 Å². The van der Waals surface area contributed by atoms with Crippen LogP contribution in [-0.2, 0) is 0 Å². The Morgan fingerprint density at radius 1 is 1.09 bits per heavy atom. The van der Waals surface area contributed by atoms with Crippen molar-refractivity contribution in [3.8, 4) is 0 Å². The van der Waals surface area contributed by atoms with Crippen molar-refractivity contribution in [3.63, 3.8) is 0 Å². The molecule has 0 amide bonds. The summed E-state index contributed by atoms with van der Waals surface area (Å²) < 4.78 is 0. The Kier molecular flexibility index (Phi) is 4.15. The van der Waals surface area contributed by atoms with Crippen LogP contribution in [0.4, 0.5) is 0 Å². The van der Waals surface area contributed by atoms with Crippen LogP contribution in [0, 0.1) is 0 Å². The van der Waals surface area contributed by atoms with Crippen LogP contribution < -0.4 is 11.5 Å². The van der Waals surface area contributed by atoms with Crippen LogP contribution in [-0.4, -0.2) is 0 Å². The molecule has 0 aliphatic heterocycles. The lowest BCUT2D eigenvalue weighted by atomic mass is 10.2. The third-order valence-corrected chi connectivity index (χ3v) is 1.13. The van der Waals surface area contributed by atoms with E-state index in [9.17, 15) is 0 Å². The highest BCUT2D eigenvalue weighted by molar-refractivity contribution is 5.85. The first-order chi connectivity index (χ1) is 4.79. The van der Waals surface area contributed by atoms with Gasteiger partial charge in [-0.1, -0.05) is 30.3 Å². The van der Waals surface area contributed by atoms with Gasteiger partial charge in [-0.15, -0.1) is 12.4 Å². The summed E-state index contributed by atoms with van der Waals surface area (Å²) in [7, 11) is 0. The zero-order chi connectivity index (χ0) is 7.40. The van der Waals surface area contributed by atoms with Gasteiger partial charge < -0.3 is 11.5 Å². The maximum absolute atomic E-state index is 5.26. The molecular weight excluding hydrogens is 160 g/mol. The number of benzene rings is 1. The van der Waals surface area contributed by atoms with Crippen molar-refractivity contribution in [1.82, 2.24) is 0 Å². The minimum absolute atomic E-state index is 0. The minimum atomic E-state index is 0. The lowest BCUT2D eigenvalue weighted by molar-refractivity contribution is 1.27. The molecule has 0 atom stereocenters. The molecule has 0 fully saturated rings. The Bertz CT molecular complexity index is 227. The van der Waals surface area contributed by atoms with Crippen LogP contribution in [0.25, 0.3) is 6.08 Å². The van der Waals surface area contributed by atoms with Crippen LogP contribution in [0.15, 0.2) is 36.2 Å². The molecule has 0 heterocycles. The summed E-state index contributed by atoms with van der Waals surface area (Å²) in [4.78, 5) is 0. The topological polar surface area (TPSA) is 52.0 Å². The number of hydrogen-bond donors (Lipinski definition) is 2. The summed E-state index contributed by atoms with van der Waals surface area (Å²) in [5.41, 5.74) is 11.6. The molecule has 60 valence electrons. The van der Waals surface area contributed by atoms with Crippen molar-refractivity contribution in [2.75, 3.05) is 0 Å². The van der Waals surface area contributed by atoms with Crippen LogP contribution in [0.1, 0.15) is 5.56 Å². The zero-order valence-corrected chi connectivity index (χ0v) is 6.84. The first-order valence-corrected chi connectivity index (χ1v) is 3.07. The number of rotatable bonds is 1. The minimum Gasteiger partial charge on any atom is -0.386 e. The van der Waals surface area contributed by atoms with E-state index in [1.54, 1.807) is 6.08 Å². The van der Waals surface area contributed by atoms with E-state index < -0.39 is 0 Å². The predicted octanol–water partition coefficient (Wildman–Crippen LogP) is 1.32. The van der Waals surface area contributed by atoms with Crippen molar-refractivity contribution in [3.05, 3.63) is 41.7 Å². The Balaban J connectivity index is 0.000001000. The standard InChI is InChI=1S/C8H10N2.ClH/c9-8(10)6-7-4-2-1-3-5-7;/h1-6H,9-10H2;1H. The Labute approximate surface area is 72.3 Å². The second kappa shape index (κ2) is 4.63. The van der Waals surface area contributed by atoms with Gasteiger partial charge in [0.1, 0.15) is 0 Å². The van der Waals surface area contributed by atoms with Gasteiger partial charge in [0, 0.05) is 0 Å². The van der Waals surface area contributed by atoms with Gasteiger partial charge >= 0.3 is 0 Å². The summed E-state index contributed by atoms with van der Waals surface area (Å²) in [6, 6.07) is 9.72. The number of nitrogens with two attached hydrogens (primary N) is 2. The van der Waals surface area contributed by atoms with E-state index in [-0.39, 0.29) is 12.4 Å². The Morgan fingerprint density at radius 3 is 2.09 bits per heavy atom. The van der Waals surface area contributed by atoms with Crippen LogP contribution in [0.2, 0.25) is 0 Å². The summed E-state index contributed by atoms with van der Waals surface area (Å²) in [5.74, 6) is 0.339. The lowest BCUT2D eigenvalue weighted by Gasteiger charge is -1.91. The largest absolute Gasteiger partial charge is 0.386 e. The first-order valence-electron chi connectivity index (χ1n) is 3.07. The van der Waals surface area contributed by atoms with E-state index in [0.717, 1.165) is 5.56 Å². The second-order valence-corrected chi connectivity index (χ2v) is 2.06. The summed E-state index contributed by atoms with van der Waals surface area (Å²) in [5, 5.41) is 0. The molecule has 1 aromatic rings. The second-order valence-electron chi connectivity index (χ2n) is 2.06. The van der Waals surface area contributed by atoms with E-state index in [0.29, 0.717) is 5.82 Å². The Morgan fingerprint density at radius 2 is 1.64 bits per heavy atom. The monoisotopic (exact) mass is 170 g/mol. The third kappa shape index (κ3) is 3.53. The molecule has 4 N–H and O–H groups in total. The molecule has 0 aromatic heterocycles.